The molecule has 1 amide bonds. The number of rotatable bonds is 2. The maximum absolute atomic E-state index is 11.2. The standard InChI is InChI=1S/C8H10N2O3/c9-5-7(6-11)13-8(12)10-3-1-2-4-10/h6-7H,1-4H2. The molecule has 0 saturated carbocycles. The second-order valence-corrected chi connectivity index (χ2v) is 2.76. The molecule has 1 saturated heterocycles. The van der Waals surface area contributed by atoms with Crippen LogP contribution in [0.5, 0.6) is 0 Å². The molecule has 1 aliphatic rings. The van der Waals surface area contributed by atoms with Gasteiger partial charge in [-0.1, -0.05) is 0 Å². The molecule has 5 heteroatoms. The maximum Gasteiger partial charge on any atom is 0.411 e. The van der Waals surface area contributed by atoms with Gasteiger partial charge in [-0.05, 0) is 12.8 Å². The molecule has 0 spiro atoms. The monoisotopic (exact) mass is 182 g/mol. The van der Waals surface area contributed by atoms with E-state index in [0.717, 1.165) is 12.8 Å². The van der Waals surface area contributed by atoms with Crippen LogP contribution in [0, 0.1) is 11.3 Å². The maximum atomic E-state index is 11.2. The van der Waals surface area contributed by atoms with Gasteiger partial charge in [-0.2, -0.15) is 5.26 Å². The molecule has 5 nitrogen and oxygen atoms in total. The Morgan fingerprint density at radius 1 is 1.54 bits per heavy atom. The average molecular weight is 182 g/mol. The molecular weight excluding hydrogens is 172 g/mol. The Bertz CT molecular complexity index is 240. The van der Waals surface area contributed by atoms with Crippen molar-refractivity contribution in [1.82, 2.24) is 4.90 Å². The van der Waals surface area contributed by atoms with Crippen LogP contribution in [0.25, 0.3) is 0 Å². The number of hydrogen-bond donors (Lipinski definition) is 0. The lowest BCUT2D eigenvalue weighted by molar-refractivity contribution is -0.113. The molecule has 1 rings (SSSR count). The molecular formula is C8H10N2O3. The number of carbonyl (C=O) groups excluding carboxylic acids is 2. The number of likely N-dealkylation sites (tertiary alicyclic amines) is 1. The van der Waals surface area contributed by atoms with Crippen molar-refractivity contribution >= 4 is 12.4 Å². The van der Waals surface area contributed by atoms with Crippen molar-refractivity contribution in [1.29, 1.82) is 5.26 Å². The van der Waals surface area contributed by atoms with Crippen molar-refractivity contribution in [2.45, 2.75) is 18.9 Å². The number of amides is 1. The smallest absolute Gasteiger partial charge is 0.411 e. The van der Waals surface area contributed by atoms with Crippen molar-refractivity contribution in [2.24, 2.45) is 0 Å². The summed E-state index contributed by atoms with van der Waals surface area (Å²) in [4.78, 5) is 22.8. The minimum atomic E-state index is -1.27. The predicted octanol–water partition coefficient (Wildman–Crippen LogP) is 0.310. The van der Waals surface area contributed by atoms with Crippen LogP contribution in [0.1, 0.15) is 12.8 Å². The van der Waals surface area contributed by atoms with Crippen LogP contribution >= 0.6 is 0 Å². The van der Waals surface area contributed by atoms with E-state index in [-0.39, 0.29) is 0 Å². The molecule has 0 radical (unpaired) electrons. The first-order valence-electron chi connectivity index (χ1n) is 4.08. The molecule has 0 aromatic heterocycles. The molecule has 1 fully saturated rings. The van der Waals surface area contributed by atoms with Gasteiger partial charge >= 0.3 is 6.09 Å². The van der Waals surface area contributed by atoms with Crippen molar-refractivity contribution in [3.63, 3.8) is 0 Å². The van der Waals surface area contributed by atoms with Gasteiger partial charge < -0.3 is 9.64 Å². The normalized spacial score (nSPS) is 17.6. The number of aldehydes is 1. The third-order valence-electron chi connectivity index (χ3n) is 1.84. The summed E-state index contributed by atoms with van der Waals surface area (Å²) in [6.07, 6.45) is 0.374. The highest BCUT2D eigenvalue weighted by molar-refractivity contribution is 5.72. The second kappa shape index (κ2) is 4.45. The van der Waals surface area contributed by atoms with E-state index in [0.29, 0.717) is 19.4 Å². The molecule has 1 heterocycles. The average Bonchev–Trinajstić information content (AvgIpc) is 2.66. The number of nitrogens with zero attached hydrogens (tertiary/aromatic N) is 2. The summed E-state index contributed by atoms with van der Waals surface area (Å²) >= 11 is 0. The quantitative estimate of drug-likeness (QED) is 0.576. The minimum absolute atomic E-state index is 0.313. The van der Waals surface area contributed by atoms with Gasteiger partial charge in [0.2, 0.25) is 6.10 Å². The van der Waals surface area contributed by atoms with Gasteiger partial charge in [-0.3, -0.25) is 4.79 Å². The van der Waals surface area contributed by atoms with E-state index in [1.807, 2.05) is 0 Å². The molecule has 1 unspecified atom stereocenters. The fourth-order valence-electron chi connectivity index (χ4n) is 1.17. The van der Waals surface area contributed by atoms with Crippen LogP contribution < -0.4 is 0 Å². The highest BCUT2D eigenvalue weighted by atomic mass is 16.6. The third kappa shape index (κ3) is 2.44. The van der Waals surface area contributed by atoms with Crippen LogP contribution in [0.4, 0.5) is 4.79 Å². The van der Waals surface area contributed by atoms with Crippen molar-refractivity contribution in [3.05, 3.63) is 0 Å². The topological polar surface area (TPSA) is 70.4 Å². The van der Waals surface area contributed by atoms with Gasteiger partial charge in [-0.25, -0.2) is 4.79 Å². The molecule has 0 aromatic rings. The summed E-state index contributed by atoms with van der Waals surface area (Å²) in [5, 5.41) is 8.34. The Kier molecular flexibility index (Phi) is 3.26. The van der Waals surface area contributed by atoms with Crippen LogP contribution in [0.15, 0.2) is 0 Å². The van der Waals surface area contributed by atoms with Crippen molar-refractivity contribution < 1.29 is 14.3 Å². The van der Waals surface area contributed by atoms with E-state index in [1.165, 1.54) is 4.90 Å². The summed E-state index contributed by atoms with van der Waals surface area (Å²) in [5.74, 6) is 0. The lowest BCUT2D eigenvalue weighted by Crippen LogP contribution is -2.31. The SMILES string of the molecule is N#CC(C=O)OC(=O)N1CCCC1. The second-order valence-electron chi connectivity index (χ2n) is 2.76. The number of carbonyl (C=O) groups is 2. The van der Waals surface area contributed by atoms with Gasteiger partial charge in [0.05, 0.1) is 0 Å². The predicted molar refractivity (Wildman–Crippen MR) is 42.8 cm³/mol. The van der Waals surface area contributed by atoms with Crippen LogP contribution in [-0.2, 0) is 9.53 Å². The van der Waals surface area contributed by atoms with Gasteiger partial charge in [0.25, 0.3) is 0 Å². The molecule has 1 aliphatic heterocycles. The van der Waals surface area contributed by atoms with Crippen molar-refractivity contribution in [2.75, 3.05) is 13.1 Å². The molecule has 0 bridgehead atoms. The number of nitriles is 1. The summed E-state index contributed by atoms with van der Waals surface area (Å²) < 4.78 is 4.59. The summed E-state index contributed by atoms with van der Waals surface area (Å²) in [6, 6.07) is 1.57. The molecule has 0 N–H and O–H groups in total. The minimum Gasteiger partial charge on any atom is -0.423 e. The fourth-order valence-corrected chi connectivity index (χ4v) is 1.17. The lowest BCUT2D eigenvalue weighted by atomic mass is 10.4. The molecule has 70 valence electrons. The highest BCUT2D eigenvalue weighted by Crippen LogP contribution is 2.09. The first-order valence-corrected chi connectivity index (χ1v) is 4.08. The van der Waals surface area contributed by atoms with Gasteiger partial charge in [0, 0.05) is 13.1 Å². The number of hydrogen-bond acceptors (Lipinski definition) is 4. The molecule has 0 aromatic carbocycles. The Hall–Kier alpha value is -1.57. The zero-order valence-corrected chi connectivity index (χ0v) is 7.10. The van der Waals surface area contributed by atoms with E-state index in [4.69, 9.17) is 5.26 Å². The zero-order chi connectivity index (χ0) is 9.68. The van der Waals surface area contributed by atoms with Crippen LogP contribution in [-0.4, -0.2) is 36.5 Å². The summed E-state index contributed by atoms with van der Waals surface area (Å²) in [7, 11) is 0. The molecule has 1 atom stereocenters. The first-order chi connectivity index (χ1) is 6.27. The van der Waals surface area contributed by atoms with E-state index in [9.17, 15) is 9.59 Å². The lowest BCUT2D eigenvalue weighted by Gasteiger charge is -2.15. The van der Waals surface area contributed by atoms with E-state index < -0.39 is 12.2 Å². The third-order valence-corrected chi connectivity index (χ3v) is 1.84. The van der Waals surface area contributed by atoms with E-state index >= 15 is 0 Å². The zero-order valence-electron chi connectivity index (χ0n) is 7.10. The molecule has 13 heavy (non-hydrogen) atoms. The van der Waals surface area contributed by atoms with Crippen LogP contribution in [0.3, 0.4) is 0 Å². The van der Waals surface area contributed by atoms with E-state index in [2.05, 4.69) is 4.74 Å². The van der Waals surface area contributed by atoms with E-state index in [1.54, 1.807) is 6.07 Å². The largest absolute Gasteiger partial charge is 0.423 e. The van der Waals surface area contributed by atoms with Gasteiger partial charge in [0.1, 0.15) is 6.07 Å². The van der Waals surface area contributed by atoms with Crippen LogP contribution in [0.2, 0.25) is 0 Å². The Morgan fingerprint density at radius 2 is 2.15 bits per heavy atom. The van der Waals surface area contributed by atoms with Gasteiger partial charge in [-0.15, -0.1) is 0 Å². The van der Waals surface area contributed by atoms with Gasteiger partial charge in [0.15, 0.2) is 6.29 Å². The Morgan fingerprint density at radius 3 is 2.62 bits per heavy atom. The number of ether oxygens (including phenoxy) is 1. The Labute approximate surface area is 75.9 Å². The first kappa shape index (κ1) is 9.52. The summed E-state index contributed by atoms with van der Waals surface area (Å²) in [6.45, 7) is 1.30. The highest BCUT2D eigenvalue weighted by Gasteiger charge is 2.22. The molecule has 0 aliphatic carbocycles. The fraction of sp³-hybridized carbons (Fsp3) is 0.625. The Balaban J connectivity index is 2.40. The summed E-state index contributed by atoms with van der Waals surface area (Å²) in [5.41, 5.74) is 0. The van der Waals surface area contributed by atoms with Crippen molar-refractivity contribution in [3.8, 4) is 6.07 Å².